The van der Waals surface area contributed by atoms with Crippen LogP contribution in [0.5, 0.6) is 0 Å². The van der Waals surface area contributed by atoms with Gasteiger partial charge in [-0.05, 0) is 24.3 Å². The van der Waals surface area contributed by atoms with Crippen LogP contribution in [0.1, 0.15) is 5.56 Å². The van der Waals surface area contributed by atoms with E-state index in [1.54, 1.807) is 24.3 Å². The molecule has 3 aromatic heterocycles. The number of hydrogen-bond acceptors (Lipinski definition) is 5. The third-order valence-electron chi connectivity index (χ3n) is 2.78. The zero-order chi connectivity index (χ0) is 13.4. The Balaban J connectivity index is 2.40. The Hall–Kier alpha value is -3.07. The van der Waals surface area contributed by atoms with E-state index in [0.717, 1.165) is 0 Å². The average Bonchev–Trinajstić information content (AvgIpc) is 2.92. The van der Waals surface area contributed by atoms with Crippen LogP contribution in [0.15, 0.2) is 39.7 Å². The number of nitriles is 1. The van der Waals surface area contributed by atoms with Gasteiger partial charge in [0, 0.05) is 0 Å². The molecule has 3 rings (SSSR count). The number of aromatic amines is 1. The molecule has 0 saturated carbocycles. The van der Waals surface area contributed by atoms with E-state index in [4.69, 9.17) is 15.4 Å². The van der Waals surface area contributed by atoms with Gasteiger partial charge in [0.05, 0.1) is 17.2 Å². The Bertz CT molecular complexity index is 857. The molecule has 0 bridgehead atoms. The molecular weight excluding hydrogens is 244 g/mol. The lowest BCUT2D eigenvalue weighted by Crippen LogP contribution is -2.12. The van der Waals surface area contributed by atoms with Crippen molar-refractivity contribution in [3.63, 3.8) is 0 Å². The van der Waals surface area contributed by atoms with E-state index in [2.05, 4.69) is 9.97 Å². The number of hydrogen-bond donors (Lipinski definition) is 2. The van der Waals surface area contributed by atoms with Crippen molar-refractivity contribution in [1.29, 1.82) is 5.26 Å². The second kappa shape index (κ2) is 3.99. The van der Waals surface area contributed by atoms with Crippen LogP contribution in [0, 0.1) is 11.3 Å². The van der Waals surface area contributed by atoms with Gasteiger partial charge in [-0.15, -0.1) is 0 Å². The summed E-state index contributed by atoms with van der Waals surface area (Å²) in [7, 11) is 0. The number of furan rings is 1. The largest absolute Gasteiger partial charge is 0.463 e. The maximum Gasteiger partial charge on any atom is 0.259 e. The fourth-order valence-corrected chi connectivity index (χ4v) is 1.89. The molecular formula is C13H8N4O2. The van der Waals surface area contributed by atoms with Crippen LogP contribution in [0.25, 0.3) is 22.4 Å². The topological polar surface area (TPSA) is 109 Å². The summed E-state index contributed by atoms with van der Waals surface area (Å²) in [6.07, 6.45) is 1.53. The fourth-order valence-electron chi connectivity index (χ4n) is 1.89. The van der Waals surface area contributed by atoms with Crippen LogP contribution in [0.4, 0.5) is 5.82 Å². The molecule has 3 N–H and O–H groups in total. The second-order valence-corrected chi connectivity index (χ2v) is 3.92. The van der Waals surface area contributed by atoms with Gasteiger partial charge in [0.15, 0.2) is 5.76 Å². The van der Waals surface area contributed by atoms with Crippen molar-refractivity contribution < 1.29 is 4.42 Å². The van der Waals surface area contributed by atoms with Crippen molar-refractivity contribution in [2.24, 2.45) is 0 Å². The monoisotopic (exact) mass is 252 g/mol. The molecule has 92 valence electrons. The number of rotatable bonds is 1. The highest BCUT2D eigenvalue weighted by Gasteiger charge is 2.12. The Kier molecular flexibility index (Phi) is 2.32. The van der Waals surface area contributed by atoms with Crippen LogP contribution >= 0.6 is 0 Å². The van der Waals surface area contributed by atoms with E-state index in [0.29, 0.717) is 16.8 Å². The van der Waals surface area contributed by atoms with Crippen LogP contribution in [0.2, 0.25) is 0 Å². The van der Waals surface area contributed by atoms with Gasteiger partial charge in [0.2, 0.25) is 0 Å². The molecule has 6 nitrogen and oxygen atoms in total. The van der Waals surface area contributed by atoms with Crippen molar-refractivity contribution in [3.05, 3.63) is 46.4 Å². The molecule has 0 atom stereocenters. The summed E-state index contributed by atoms with van der Waals surface area (Å²) in [5, 5.41) is 9.43. The molecule has 0 spiro atoms. The summed E-state index contributed by atoms with van der Waals surface area (Å²) in [4.78, 5) is 18.5. The molecule has 0 saturated heterocycles. The van der Waals surface area contributed by atoms with Gasteiger partial charge in [0.1, 0.15) is 23.1 Å². The summed E-state index contributed by atoms with van der Waals surface area (Å²) < 4.78 is 5.24. The second-order valence-electron chi connectivity index (χ2n) is 3.92. The van der Waals surface area contributed by atoms with Crippen molar-refractivity contribution in [3.8, 4) is 17.5 Å². The van der Waals surface area contributed by atoms with E-state index in [-0.39, 0.29) is 22.5 Å². The Morgan fingerprint density at radius 2 is 2.21 bits per heavy atom. The molecule has 0 amide bonds. The van der Waals surface area contributed by atoms with Crippen molar-refractivity contribution in [1.82, 2.24) is 9.97 Å². The third kappa shape index (κ3) is 1.65. The first-order chi connectivity index (χ1) is 9.20. The quantitative estimate of drug-likeness (QED) is 0.684. The predicted octanol–water partition coefficient (Wildman–Crippen LogP) is 1.64. The first-order valence-electron chi connectivity index (χ1n) is 5.47. The van der Waals surface area contributed by atoms with E-state index in [9.17, 15) is 4.79 Å². The number of anilines is 1. The van der Waals surface area contributed by atoms with Gasteiger partial charge in [-0.2, -0.15) is 5.26 Å². The molecule has 19 heavy (non-hydrogen) atoms. The lowest BCUT2D eigenvalue weighted by molar-refractivity contribution is 0.580. The summed E-state index contributed by atoms with van der Waals surface area (Å²) >= 11 is 0. The highest BCUT2D eigenvalue weighted by Crippen LogP contribution is 2.23. The maximum atomic E-state index is 11.8. The summed E-state index contributed by atoms with van der Waals surface area (Å²) in [6.45, 7) is 0. The smallest absolute Gasteiger partial charge is 0.259 e. The highest BCUT2D eigenvalue weighted by molar-refractivity contribution is 5.88. The SMILES string of the molecule is N#Cc1c(N)[nH]c(=O)c2ccc(-c3ccco3)nc12. The van der Waals surface area contributed by atoms with Crippen LogP contribution < -0.4 is 11.3 Å². The number of aromatic nitrogens is 2. The first-order valence-corrected chi connectivity index (χ1v) is 5.47. The van der Waals surface area contributed by atoms with Crippen molar-refractivity contribution >= 4 is 16.7 Å². The first kappa shape index (κ1) is 11.0. The number of nitrogens with one attached hydrogen (secondary N) is 1. The maximum absolute atomic E-state index is 11.8. The summed E-state index contributed by atoms with van der Waals surface area (Å²) in [5.41, 5.74) is 6.23. The molecule has 3 heterocycles. The minimum absolute atomic E-state index is 0.0177. The van der Waals surface area contributed by atoms with Crippen LogP contribution in [-0.2, 0) is 0 Å². The fraction of sp³-hybridized carbons (Fsp3) is 0. The Labute approximate surface area is 107 Å². The van der Waals surface area contributed by atoms with Gasteiger partial charge in [-0.1, -0.05) is 0 Å². The van der Waals surface area contributed by atoms with E-state index in [1.165, 1.54) is 6.26 Å². The van der Waals surface area contributed by atoms with E-state index < -0.39 is 0 Å². The molecule has 0 aliphatic rings. The normalized spacial score (nSPS) is 10.5. The van der Waals surface area contributed by atoms with Gasteiger partial charge in [-0.3, -0.25) is 4.79 Å². The molecule has 0 fully saturated rings. The van der Waals surface area contributed by atoms with Crippen LogP contribution in [-0.4, -0.2) is 9.97 Å². The number of nitrogens with zero attached hydrogens (tertiary/aromatic N) is 2. The van der Waals surface area contributed by atoms with Crippen LogP contribution in [0.3, 0.4) is 0 Å². The van der Waals surface area contributed by atoms with E-state index in [1.807, 2.05) is 6.07 Å². The minimum Gasteiger partial charge on any atom is -0.463 e. The number of nitrogens with two attached hydrogens (primary N) is 1. The summed E-state index contributed by atoms with van der Waals surface area (Å²) in [5.74, 6) is 0.578. The zero-order valence-corrected chi connectivity index (χ0v) is 9.68. The van der Waals surface area contributed by atoms with Crippen molar-refractivity contribution in [2.75, 3.05) is 5.73 Å². The molecule has 0 unspecified atom stereocenters. The number of fused-ring (bicyclic) bond motifs is 1. The molecule has 0 aliphatic heterocycles. The molecule has 3 aromatic rings. The van der Waals surface area contributed by atoms with Gasteiger partial charge >= 0.3 is 0 Å². The van der Waals surface area contributed by atoms with E-state index >= 15 is 0 Å². The number of pyridine rings is 2. The number of nitrogen functional groups attached to an aromatic ring is 1. The summed E-state index contributed by atoms with van der Waals surface area (Å²) in [6, 6.07) is 8.69. The molecule has 0 aromatic carbocycles. The molecule has 0 radical (unpaired) electrons. The van der Waals surface area contributed by atoms with Gasteiger partial charge in [0.25, 0.3) is 5.56 Å². The lowest BCUT2D eigenvalue weighted by Gasteiger charge is -2.04. The Morgan fingerprint density at radius 1 is 1.37 bits per heavy atom. The molecule has 0 aliphatic carbocycles. The third-order valence-corrected chi connectivity index (χ3v) is 2.78. The van der Waals surface area contributed by atoms with Gasteiger partial charge < -0.3 is 15.1 Å². The standard InChI is InChI=1S/C13H8N4O2/c14-6-8-11-7(13(18)17-12(8)15)3-4-9(16-11)10-2-1-5-19-10/h1-5H,(H3,15,17,18). The van der Waals surface area contributed by atoms with Gasteiger partial charge in [-0.25, -0.2) is 4.98 Å². The molecule has 6 heteroatoms. The Morgan fingerprint density at radius 3 is 2.89 bits per heavy atom. The number of H-pyrrole nitrogens is 1. The lowest BCUT2D eigenvalue weighted by atomic mass is 10.1. The minimum atomic E-state index is -0.370. The van der Waals surface area contributed by atoms with Crippen molar-refractivity contribution in [2.45, 2.75) is 0 Å². The predicted molar refractivity (Wildman–Crippen MR) is 69.2 cm³/mol. The average molecular weight is 252 g/mol. The highest BCUT2D eigenvalue weighted by atomic mass is 16.3. The zero-order valence-electron chi connectivity index (χ0n) is 9.68.